The Bertz CT molecular complexity index is 1780. The third-order valence-corrected chi connectivity index (χ3v) is 7.49. The summed E-state index contributed by atoms with van der Waals surface area (Å²) in [5.74, 6) is 0. The summed E-state index contributed by atoms with van der Waals surface area (Å²) in [6, 6.07) is 39.1. The average molecular weight is 593 g/mol. The first kappa shape index (κ1) is 30.8. The van der Waals surface area contributed by atoms with Crippen LogP contribution in [0.2, 0.25) is 0 Å². The van der Waals surface area contributed by atoms with Crippen molar-refractivity contribution < 1.29 is 0 Å². The number of nitrogen functional groups attached to an aromatic ring is 2. The van der Waals surface area contributed by atoms with Gasteiger partial charge in [-0.25, -0.2) is 0 Å². The number of anilines is 6. The number of hydrogen-bond acceptors (Lipinski definition) is 6. The van der Waals surface area contributed by atoms with E-state index >= 15 is 0 Å². The molecule has 0 aromatic heterocycles. The molecule has 5 aromatic rings. The fraction of sp³-hybridized carbons (Fsp3) is 0.128. The van der Waals surface area contributed by atoms with E-state index in [1.807, 2.05) is 68.5 Å². The standard InChI is InChI=1S/C39H40N6/c1-3-32(40)11-4-27(2)43-34-14-9-30(10-15-34)25-31-26-38(22-23-39(31)42)45-36-18-7-29(8-19-36)24-28-5-16-35(17-6-28)44-37-20-12-33(41)13-21-37/h4-23,26,40,44-45H,3,24-25,41-42H2,1-2H3/b11-4-,40-32?,43-27?. The molecule has 0 atom stereocenters. The fourth-order valence-corrected chi connectivity index (χ4v) is 4.87. The molecule has 7 N–H and O–H groups in total. The van der Waals surface area contributed by atoms with E-state index in [1.165, 1.54) is 11.1 Å². The van der Waals surface area contributed by atoms with Gasteiger partial charge in [-0.05, 0) is 139 Å². The highest BCUT2D eigenvalue weighted by atomic mass is 14.9. The summed E-state index contributed by atoms with van der Waals surface area (Å²) in [5, 5.41) is 14.7. The van der Waals surface area contributed by atoms with E-state index in [-0.39, 0.29) is 0 Å². The highest BCUT2D eigenvalue weighted by Gasteiger charge is 2.05. The number of hydrogen-bond donors (Lipinski definition) is 5. The Morgan fingerprint density at radius 1 is 0.644 bits per heavy atom. The van der Waals surface area contributed by atoms with E-state index in [4.69, 9.17) is 16.9 Å². The molecule has 0 saturated heterocycles. The third kappa shape index (κ3) is 9.18. The predicted molar refractivity (Wildman–Crippen MR) is 193 cm³/mol. The molecule has 0 amide bonds. The van der Waals surface area contributed by atoms with Crippen molar-refractivity contribution in [2.24, 2.45) is 4.99 Å². The van der Waals surface area contributed by atoms with E-state index in [0.717, 1.165) is 69.5 Å². The first-order valence-electron chi connectivity index (χ1n) is 15.2. The van der Waals surface area contributed by atoms with Crippen LogP contribution in [0.4, 0.5) is 39.8 Å². The first-order valence-corrected chi connectivity index (χ1v) is 15.2. The Balaban J connectivity index is 1.17. The lowest BCUT2D eigenvalue weighted by atomic mass is 10.0. The minimum atomic E-state index is 0.591. The van der Waals surface area contributed by atoms with Gasteiger partial charge < -0.3 is 27.5 Å². The summed E-state index contributed by atoms with van der Waals surface area (Å²) in [5.41, 5.74) is 24.8. The third-order valence-electron chi connectivity index (χ3n) is 7.49. The minimum Gasteiger partial charge on any atom is -0.399 e. The maximum Gasteiger partial charge on any atom is 0.0633 e. The zero-order valence-electron chi connectivity index (χ0n) is 25.8. The summed E-state index contributed by atoms with van der Waals surface area (Å²) in [7, 11) is 0. The van der Waals surface area contributed by atoms with Crippen molar-refractivity contribution in [3.63, 3.8) is 0 Å². The summed E-state index contributed by atoms with van der Waals surface area (Å²) in [6.07, 6.45) is 5.98. The summed E-state index contributed by atoms with van der Waals surface area (Å²) in [4.78, 5) is 4.63. The van der Waals surface area contributed by atoms with Crippen molar-refractivity contribution in [3.8, 4) is 0 Å². The van der Waals surface area contributed by atoms with Crippen LogP contribution in [-0.2, 0) is 12.8 Å². The Morgan fingerprint density at radius 2 is 1.13 bits per heavy atom. The summed E-state index contributed by atoms with van der Waals surface area (Å²) in [6.45, 7) is 3.92. The molecule has 0 saturated carbocycles. The second kappa shape index (κ2) is 14.7. The quantitative estimate of drug-likeness (QED) is 0.0733. The molecular formula is C39H40N6. The molecule has 6 heteroatoms. The topological polar surface area (TPSA) is 112 Å². The Hall–Kier alpha value is -5.62. The fourth-order valence-electron chi connectivity index (χ4n) is 4.87. The van der Waals surface area contributed by atoms with Gasteiger partial charge in [0.1, 0.15) is 0 Å². The van der Waals surface area contributed by atoms with Crippen molar-refractivity contribution in [3.05, 3.63) is 150 Å². The van der Waals surface area contributed by atoms with Crippen molar-refractivity contribution >= 4 is 51.2 Å². The van der Waals surface area contributed by atoms with E-state index in [1.54, 1.807) is 6.08 Å². The molecule has 0 spiro atoms. The van der Waals surface area contributed by atoms with Crippen molar-refractivity contribution in [1.29, 1.82) is 5.41 Å². The van der Waals surface area contributed by atoms with Crippen LogP contribution in [0.25, 0.3) is 0 Å². The molecule has 226 valence electrons. The van der Waals surface area contributed by atoms with Crippen molar-refractivity contribution in [2.75, 3.05) is 22.1 Å². The molecule has 45 heavy (non-hydrogen) atoms. The van der Waals surface area contributed by atoms with Crippen molar-refractivity contribution in [2.45, 2.75) is 33.1 Å². The molecule has 0 unspecified atom stereocenters. The Morgan fingerprint density at radius 3 is 1.71 bits per heavy atom. The summed E-state index contributed by atoms with van der Waals surface area (Å²) < 4.78 is 0. The van der Waals surface area contributed by atoms with Crippen LogP contribution >= 0.6 is 0 Å². The second-order valence-corrected chi connectivity index (χ2v) is 11.2. The number of allylic oxidation sites excluding steroid dienone is 2. The Labute approximate surface area is 266 Å². The monoisotopic (exact) mass is 592 g/mol. The normalized spacial score (nSPS) is 11.5. The van der Waals surface area contributed by atoms with Gasteiger partial charge in [0.2, 0.25) is 0 Å². The number of rotatable bonds is 12. The van der Waals surface area contributed by atoms with Gasteiger partial charge in [-0.1, -0.05) is 43.3 Å². The molecule has 0 aliphatic heterocycles. The zero-order chi connectivity index (χ0) is 31.6. The Kier molecular flexibility index (Phi) is 10.1. The van der Waals surface area contributed by atoms with Crippen LogP contribution in [-0.4, -0.2) is 11.4 Å². The number of nitrogens with two attached hydrogens (primary N) is 2. The molecule has 6 nitrogen and oxygen atoms in total. The van der Waals surface area contributed by atoms with E-state index < -0.39 is 0 Å². The molecule has 5 rings (SSSR count). The van der Waals surface area contributed by atoms with Crippen LogP contribution in [0.5, 0.6) is 0 Å². The molecular weight excluding hydrogens is 552 g/mol. The number of aliphatic imine (C=N–C) groups is 1. The van der Waals surface area contributed by atoms with Gasteiger partial charge in [-0.3, -0.25) is 4.99 Å². The van der Waals surface area contributed by atoms with Gasteiger partial charge in [-0.2, -0.15) is 0 Å². The van der Waals surface area contributed by atoms with Gasteiger partial charge in [-0.15, -0.1) is 0 Å². The van der Waals surface area contributed by atoms with E-state index in [2.05, 4.69) is 82.4 Å². The molecule has 0 aliphatic carbocycles. The second-order valence-electron chi connectivity index (χ2n) is 11.2. The van der Waals surface area contributed by atoms with Gasteiger partial charge in [0, 0.05) is 45.5 Å². The van der Waals surface area contributed by atoms with E-state index in [9.17, 15) is 0 Å². The van der Waals surface area contributed by atoms with Crippen LogP contribution in [0, 0.1) is 5.41 Å². The van der Waals surface area contributed by atoms with Crippen LogP contribution in [0.15, 0.2) is 132 Å². The molecule has 0 bridgehead atoms. The average Bonchev–Trinajstić information content (AvgIpc) is 3.05. The summed E-state index contributed by atoms with van der Waals surface area (Å²) >= 11 is 0. The highest BCUT2D eigenvalue weighted by molar-refractivity contribution is 6.02. The zero-order valence-corrected chi connectivity index (χ0v) is 25.8. The van der Waals surface area contributed by atoms with Crippen LogP contribution in [0.3, 0.4) is 0 Å². The van der Waals surface area contributed by atoms with Crippen LogP contribution in [0.1, 0.15) is 42.5 Å². The maximum absolute atomic E-state index is 7.76. The van der Waals surface area contributed by atoms with Gasteiger partial charge in [0.25, 0.3) is 0 Å². The molecule has 0 heterocycles. The minimum absolute atomic E-state index is 0.591. The van der Waals surface area contributed by atoms with Gasteiger partial charge >= 0.3 is 0 Å². The highest BCUT2D eigenvalue weighted by Crippen LogP contribution is 2.26. The lowest BCUT2D eigenvalue weighted by molar-refractivity contribution is 1.19. The molecule has 5 aromatic carbocycles. The smallest absolute Gasteiger partial charge is 0.0633 e. The number of nitrogens with zero attached hydrogens (tertiary/aromatic N) is 1. The SMILES string of the molecule is CCC(=N)/C=C\C(C)=Nc1ccc(Cc2cc(Nc3ccc(Cc4ccc(Nc5ccc(N)cc5)cc4)cc3)ccc2N)cc1. The van der Waals surface area contributed by atoms with Gasteiger partial charge in [0.05, 0.1) is 5.69 Å². The molecule has 0 radical (unpaired) electrons. The maximum atomic E-state index is 7.76. The largest absolute Gasteiger partial charge is 0.399 e. The van der Waals surface area contributed by atoms with Gasteiger partial charge in [0.15, 0.2) is 0 Å². The lowest BCUT2D eigenvalue weighted by Gasteiger charge is -2.12. The number of benzene rings is 5. The predicted octanol–water partition coefficient (Wildman–Crippen LogP) is 9.60. The number of nitrogens with one attached hydrogen (secondary N) is 3. The van der Waals surface area contributed by atoms with Crippen LogP contribution < -0.4 is 22.1 Å². The molecule has 0 aliphatic rings. The lowest BCUT2D eigenvalue weighted by Crippen LogP contribution is -1.98. The first-order chi connectivity index (χ1) is 21.8. The van der Waals surface area contributed by atoms with E-state index in [0.29, 0.717) is 12.1 Å². The van der Waals surface area contributed by atoms with Crippen molar-refractivity contribution in [1.82, 2.24) is 0 Å². The molecule has 0 fully saturated rings.